The van der Waals surface area contributed by atoms with Gasteiger partial charge in [-0.3, -0.25) is 14.7 Å². The van der Waals surface area contributed by atoms with E-state index < -0.39 is 6.17 Å². The summed E-state index contributed by atoms with van der Waals surface area (Å²) >= 11 is 0. The number of aromatic nitrogens is 4. The normalized spacial score (nSPS) is 25.9. The lowest BCUT2D eigenvalue weighted by atomic mass is 9.89. The number of hydrogen-bond donors (Lipinski definition) is 0. The highest BCUT2D eigenvalue weighted by atomic mass is 19.1. The topological polar surface area (TPSA) is 87.6 Å². The van der Waals surface area contributed by atoms with E-state index in [1.54, 1.807) is 0 Å². The fraction of sp³-hybridized carbons (Fsp3) is 0.500. The van der Waals surface area contributed by atoms with Crippen LogP contribution in [0.1, 0.15) is 36.8 Å². The number of fused-ring (bicyclic) bond motifs is 3. The molecule has 0 aromatic carbocycles. The molecule has 4 aliphatic rings. The second kappa shape index (κ2) is 10.1. The molecule has 0 bridgehead atoms. The minimum absolute atomic E-state index is 0.0262. The second-order valence-corrected chi connectivity index (χ2v) is 11.5. The molecule has 9 nitrogen and oxygen atoms in total. The predicted octanol–water partition coefficient (Wildman–Crippen LogP) is 3.36. The van der Waals surface area contributed by atoms with Crippen molar-refractivity contribution in [2.45, 2.75) is 62.8 Å². The van der Waals surface area contributed by atoms with Crippen molar-refractivity contribution in [3.63, 3.8) is 0 Å². The number of carbonyl (C=O) groups excluding carboxylic acids is 1. The Labute approximate surface area is 233 Å². The summed E-state index contributed by atoms with van der Waals surface area (Å²) in [6.45, 7) is 5.77. The molecule has 3 aromatic rings. The summed E-state index contributed by atoms with van der Waals surface area (Å²) in [6.07, 6.45) is 10.2. The van der Waals surface area contributed by atoms with Gasteiger partial charge in [0, 0.05) is 43.6 Å². The van der Waals surface area contributed by atoms with Gasteiger partial charge < -0.3 is 14.5 Å². The maximum atomic E-state index is 14.0. The zero-order valence-electron chi connectivity index (χ0n) is 22.8. The molecule has 10 heteroatoms. The molecule has 6 heterocycles. The summed E-state index contributed by atoms with van der Waals surface area (Å²) in [7, 11) is 1.92. The van der Waals surface area contributed by atoms with Gasteiger partial charge in [0.05, 0.1) is 23.2 Å². The molecule has 1 aliphatic carbocycles. The first-order valence-electron chi connectivity index (χ1n) is 14.3. The highest BCUT2D eigenvalue weighted by Gasteiger charge is 2.49. The largest absolute Gasteiger partial charge is 0.462 e. The van der Waals surface area contributed by atoms with Gasteiger partial charge in [-0.25, -0.2) is 9.37 Å². The second-order valence-electron chi connectivity index (χ2n) is 11.5. The summed E-state index contributed by atoms with van der Waals surface area (Å²) in [5, 5.41) is 0.850. The Hall–Kier alpha value is -3.66. The van der Waals surface area contributed by atoms with E-state index in [1.165, 1.54) is 30.0 Å². The van der Waals surface area contributed by atoms with Crippen LogP contribution in [0, 0.1) is 0 Å². The number of aryl methyl sites for hydroxylation is 1. The quantitative estimate of drug-likeness (QED) is 0.438. The van der Waals surface area contributed by atoms with Gasteiger partial charge in [-0.15, -0.1) is 0 Å². The average molecular weight is 544 g/mol. The summed E-state index contributed by atoms with van der Waals surface area (Å²) < 4.78 is 20.1. The highest BCUT2D eigenvalue weighted by Crippen LogP contribution is 2.40. The number of carbonyl (C=O) groups is 1. The van der Waals surface area contributed by atoms with Crippen molar-refractivity contribution >= 4 is 22.8 Å². The first-order valence-corrected chi connectivity index (χ1v) is 14.3. The Kier molecular flexibility index (Phi) is 6.37. The molecule has 4 atom stereocenters. The maximum absolute atomic E-state index is 14.0. The van der Waals surface area contributed by atoms with Crippen LogP contribution in [0.25, 0.3) is 22.3 Å². The smallest absolute Gasteiger partial charge is 0.320 e. The molecule has 0 radical (unpaired) electrons. The van der Waals surface area contributed by atoms with Crippen molar-refractivity contribution in [3.8, 4) is 17.3 Å². The lowest BCUT2D eigenvalue weighted by Crippen LogP contribution is -2.63. The molecule has 0 spiro atoms. The molecular weight excluding hydrogens is 509 g/mol. The van der Waals surface area contributed by atoms with Crippen molar-refractivity contribution in [3.05, 3.63) is 48.3 Å². The third kappa shape index (κ3) is 4.29. The lowest BCUT2D eigenvalue weighted by Gasteiger charge is -2.47. The maximum Gasteiger partial charge on any atom is 0.320 e. The summed E-state index contributed by atoms with van der Waals surface area (Å²) in [5.41, 5.74) is 5.09. The Morgan fingerprint density at radius 1 is 1.15 bits per heavy atom. The van der Waals surface area contributed by atoms with Crippen molar-refractivity contribution in [1.82, 2.24) is 29.7 Å². The van der Waals surface area contributed by atoms with Crippen molar-refractivity contribution < 1.29 is 13.9 Å². The van der Waals surface area contributed by atoms with Gasteiger partial charge in [0.2, 0.25) is 5.91 Å². The lowest BCUT2D eigenvalue weighted by molar-refractivity contribution is -0.127. The zero-order chi connectivity index (χ0) is 27.4. The summed E-state index contributed by atoms with van der Waals surface area (Å²) in [4.78, 5) is 37.6. The van der Waals surface area contributed by atoms with Crippen molar-refractivity contribution in [2.24, 2.45) is 0 Å². The third-order valence-electron chi connectivity index (χ3n) is 9.13. The van der Waals surface area contributed by atoms with E-state index in [0.29, 0.717) is 38.3 Å². The molecule has 208 valence electrons. The summed E-state index contributed by atoms with van der Waals surface area (Å²) in [5.74, 6) is 0.742. The number of ether oxygens (including phenoxy) is 1. The fourth-order valence-electron chi connectivity index (χ4n) is 6.92. The number of halogens is 1. The van der Waals surface area contributed by atoms with Crippen LogP contribution in [0.15, 0.2) is 37.2 Å². The summed E-state index contributed by atoms with van der Waals surface area (Å²) in [6, 6.07) is 4.62. The number of nitrogens with zero attached hydrogens (tertiary/aromatic N) is 7. The van der Waals surface area contributed by atoms with Crippen molar-refractivity contribution in [1.29, 1.82) is 0 Å². The van der Waals surface area contributed by atoms with Gasteiger partial charge in [-0.1, -0.05) is 6.58 Å². The number of amides is 1. The number of pyridine rings is 2. The van der Waals surface area contributed by atoms with Gasteiger partial charge in [0.15, 0.2) is 5.65 Å². The van der Waals surface area contributed by atoms with Gasteiger partial charge in [0.1, 0.15) is 18.6 Å². The minimum atomic E-state index is -0.845. The number of anilines is 1. The van der Waals surface area contributed by atoms with Gasteiger partial charge in [-0.2, -0.15) is 9.97 Å². The van der Waals surface area contributed by atoms with E-state index in [2.05, 4.69) is 16.5 Å². The minimum Gasteiger partial charge on any atom is -0.462 e. The number of likely N-dealkylation sites (N-methyl/N-ethyl adjacent to an activating group) is 1. The monoisotopic (exact) mass is 543 g/mol. The molecule has 3 saturated heterocycles. The van der Waals surface area contributed by atoms with Crippen LogP contribution in [-0.4, -0.2) is 93.2 Å². The number of alkyl halides is 1. The molecule has 3 fully saturated rings. The molecule has 40 heavy (non-hydrogen) atoms. The molecule has 0 unspecified atom stereocenters. The van der Waals surface area contributed by atoms with Crippen molar-refractivity contribution in [2.75, 3.05) is 38.2 Å². The van der Waals surface area contributed by atoms with E-state index >= 15 is 0 Å². The molecule has 0 saturated carbocycles. The zero-order valence-corrected chi connectivity index (χ0v) is 22.8. The van der Waals surface area contributed by atoms with Gasteiger partial charge >= 0.3 is 6.01 Å². The first kappa shape index (κ1) is 25.3. The molecule has 3 aliphatic heterocycles. The van der Waals surface area contributed by atoms with Crippen LogP contribution in [0.4, 0.5) is 10.2 Å². The van der Waals surface area contributed by atoms with E-state index in [1.807, 2.05) is 41.4 Å². The van der Waals surface area contributed by atoms with Crippen LogP contribution >= 0.6 is 0 Å². The molecule has 3 aromatic heterocycles. The molecule has 0 N–H and O–H groups in total. The van der Waals surface area contributed by atoms with Crippen LogP contribution in [0.5, 0.6) is 6.01 Å². The van der Waals surface area contributed by atoms with Gasteiger partial charge in [-0.05, 0) is 74.9 Å². The molecule has 1 amide bonds. The SMILES string of the molecule is C=CC(=O)N1CC[C@@H]2[C@H]1CN2c1nc(OC[C@@H]2C[C@@H](F)CN2C)nc2nc(-c3cncc4c3CCCC4)ccc12. The van der Waals surface area contributed by atoms with E-state index in [0.717, 1.165) is 41.7 Å². The van der Waals surface area contributed by atoms with Crippen LogP contribution < -0.4 is 9.64 Å². The van der Waals surface area contributed by atoms with Crippen LogP contribution in [0.2, 0.25) is 0 Å². The Bertz CT molecular complexity index is 1480. The molecule has 7 rings (SSSR count). The van der Waals surface area contributed by atoms with Crippen LogP contribution in [-0.2, 0) is 17.6 Å². The van der Waals surface area contributed by atoms with Crippen LogP contribution in [0.3, 0.4) is 0 Å². The highest BCUT2D eigenvalue weighted by molar-refractivity contribution is 5.91. The van der Waals surface area contributed by atoms with Gasteiger partial charge in [0.25, 0.3) is 0 Å². The first-order chi connectivity index (χ1) is 19.5. The van der Waals surface area contributed by atoms with E-state index in [9.17, 15) is 9.18 Å². The number of rotatable bonds is 6. The number of likely N-dealkylation sites (tertiary alicyclic amines) is 2. The average Bonchev–Trinajstić information content (AvgIpc) is 3.47. The number of hydrogen-bond acceptors (Lipinski definition) is 8. The Balaban J connectivity index is 1.25. The Morgan fingerprint density at radius 2 is 2.02 bits per heavy atom. The molecular formula is C30H34FN7O2. The van der Waals surface area contributed by atoms with E-state index in [-0.39, 0.29) is 30.0 Å². The third-order valence-corrected chi connectivity index (χ3v) is 9.13. The van der Waals surface area contributed by atoms with E-state index in [4.69, 9.17) is 19.7 Å². The Morgan fingerprint density at radius 3 is 2.85 bits per heavy atom. The predicted molar refractivity (Wildman–Crippen MR) is 150 cm³/mol. The fourth-order valence-corrected chi connectivity index (χ4v) is 6.92. The standard InChI is InChI=1S/C30H34FN7O2/c1-3-27(39)37-11-10-25-26(37)16-38(25)29-22-8-9-24(23-14-32-13-18-6-4-5-7-21(18)23)33-28(22)34-30(35-29)40-17-20-12-19(31)15-36(20)2/h3,8-9,13-14,19-20,25-26H,1,4-7,10-12,15-17H2,2H3/t19-,20+,25-,26-/m1/s1.